The van der Waals surface area contributed by atoms with Crippen LogP contribution >= 0.6 is 11.8 Å². The largest absolute Gasteiger partial charge is 0.497 e. The lowest BCUT2D eigenvalue weighted by Crippen LogP contribution is -2.22. The van der Waals surface area contributed by atoms with Crippen LogP contribution in [-0.2, 0) is 11.3 Å². The van der Waals surface area contributed by atoms with Crippen molar-refractivity contribution in [3.05, 3.63) is 78.3 Å². The Labute approximate surface area is 207 Å². The number of benzene rings is 2. The van der Waals surface area contributed by atoms with E-state index < -0.39 is 0 Å². The smallest absolute Gasteiger partial charge is 0.253 e. The Hall–Kier alpha value is -4.05. The molecule has 2 aromatic heterocycles. The van der Waals surface area contributed by atoms with Gasteiger partial charge in [0.15, 0.2) is 11.0 Å². The predicted molar refractivity (Wildman–Crippen MR) is 134 cm³/mol. The van der Waals surface area contributed by atoms with Gasteiger partial charge in [0.05, 0.1) is 25.7 Å². The van der Waals surface area contributed by atoms with E-state index in [-0.39, 0.29) is 17.6 Å². The molecule has 4 aromatic rings. The van der Waals surface area contributed by atoms with Crippen LogP contribution in [0.4, 0.5) is 5.69 Å². The summed E-state index contributed by atoms with van der Waals surface area (Å²) in [6.45, 7) is 0.408. The van der Waals surface area contributed by atoms with Gasteiger partial charge in [0.1, 0.15) is 11.5 Å². The maximum absolute atomic E-state index is 12.7. The molecule has 0 fully saturated rings. The molecule has 0 unspecified atom stereocenters. The number of rotatable bonds is 9. The van der Waals surface area contributed by atoms with Crippen molar-refractivity contribution in [1.29, 1.82) is 0 Å². The van der Waals surface area contributed by atoms with E-state index in [2.05, 4.69) is 15.5 Å². The zero-order chi connectivity index (χ0) is 24.8. The third kappa shape index (κ3) is 5.90. The molecule has 0 saturated carbocycles. The molecule has 4 rings (SSSR count). The van der Waals surface area contributed by atoms with E-state index in [0.717, 1.165) is 11.3 Å². The first-order valence-electron chi connectivity index (χ1n) is 10.8. The highest BCUT2D eigenvalue weighted by Crippen LogP contribution is 2.27. The Morgan fingerprint density at radius 3 is 2.66 bits per heavy atom. The lowest BCUT2D eigenvalue weighted by atomic mass is 10.2. The number of ether oxygens (including phenoxy) is 1. The minimum atomic E-state index is -0.222. The van der Waals surface area contributed by atoms with Crippen LogP contribution in [0.3, 0.4) is 0 Å². The molecule has 9 nitrogen and oxygen atoms in total. The van der Waals surface area contributed by atoms with Gasteiger partial charge in [-0.15, -0.1) is 10.2 Å². The fraction of sp³-hybridized carbons (Fsp3) is 0.200. The first kappa shape index (κ1) is 24.1. The number of hydrogen-bond donors (Lipinski definition) is 1. The maximum atomic E-state index is 12.7. The summed E-state index contributed by atoms with van der Waals surface area (Å²) in [4.78, 5) is 26.4. The van der Waals surface area contributed by atoms with Gasteiger partial charge in [-0.1, -0.05) is 30.0 Å². The molecule has 1 N–H and O–H groups in total. The summed E-state index contributed by atoms with van der Waals surface area (Å²) in [7, 11) is 4.98. The standard InChI is InChI=1S/C25H25N5O4S/c1-29(2)24(32)18-8-4-9-19(13-18)26-22(31)16-35-25-28-27-23(17-7-5-10-20(14-17)33-3)30(25)15-21-11-6-12-34-21/h4-14H,15-16H2,1-3H3,(H,26,31). The van der Waals surface area contributed by atoms with Crippen molar-refractivity contribution in [3.63, 3.8) is 0 Å². The maximum Gasteiger partial charge on any atom is 0.253 e. The summed E-state index contributed by atoms with van der Waals surface area (Å²) in [5, 5.41) is 12.1. The van der Waals surface area contributed by atoms with E-state index in [9.17, 15) is 9.59 Å². The Morgan fingerprint density at radius 2 is 1.91 bits per heavy atom. The molecule has 0 atom stereocenters. The minimum Gasteiger partial charge on any atom is -0.497 e. The summed E-state index contributed by atoms with van der Waals surface area (Å²) in [5.41, 5.74) is 1.89. The van der Waals surface area contributed by atoms with Crippen LogP contribution in [0, 0.1) is 0 Å². The lowest BCUT2D eigenvalue weighted by molar-refractivity contribution is -0.113. The zero-order valence-corrected chi connectivity index (χ0v) is 20.4. The molecule has 35 heavy (non-hydrogen) atoms. The van der Waals surface area contributed by atoms with Gasteiger partial charge in [-0.3, -0.25) is 14.2 Å². The molecule has 2 amide bonds. The Morgan fingerprint density at radius 1 is 1.09 bits per heavy atom. The van der Waals surface area contributed by atoms with E-state index in [1.54, 1.807) is 51.7 Å². The van der Waals surface area contributed by atoms with Gasteiger partial charge >= 0.3 is 0 Å². The molecule has 0 bridgehead atoms. The quantitative estimate of drug-likeness (QED) is 0.353. The Bertz CT molecular complexity index is 1320. The number of carbonyl (C=O) groups is 2. The van der Waals surface area contributed by atoms with Crippen molar-refractivity contribution in [2.75, 3.05) is 32.3 Å². The van der Waals surface area contributed by atoms with Crippen molar-refractivity contribution in [3.8, 4) is 17.1 Å². The molecule has 10 heteroatoms. The highest BCUT2D eigenvalue weighted by Gasteiger charge is 2.18. The SMILES string of the molecule is COc1cccc(-c2nnc(SCC(=O)Nc3cccc(C(=O)N(C)C)c3)n2Cc2ccco2)c1. The molecule has 0 aliphatic rings. The average Bonchev–Trinajstić information content (AvgIpc) is 3.53. The summed E-state index contributed by atoms with van der Waals surface area (Å²) in [6.07, 6.45) is 1.61. The fourth-order valence-corrected chi connectivity index (χ4v) is 4.13. The molecule has 0 saturated heterocycles. The van der Waals surface area contributed by atoms with E-state index in [1.807, 2.05) is 41.0 Å². The van der Waals surface area contributed by atoms with Crippen LogP contribution in [0.5, 0.6) is 5.75 Å². The first-order chi connectivity index (χ1) is 16.9. The highest BCUT2D eigenvalue weighted by atomic mass is 32.2. The van der Waals surface area contributed by atoms with Gasteiger partial charge in [-0.25, -0.2) is 0 Å². The van der Waals surface area contributed by atoms with Gasteiger partial charge in [0, 0.05) is 30.9 Å². The number of furan rings is 1. The van der Waals surface area contributed by atoms with Crippen molar-refractivity contribution < 1.29 is 18.7 Å². The summed E-state index contributed by atoms with van der Waals surface area (Å²) >= 11 is 1.27. The number of hydrogen-bond acceptors (Lipinski definition) is 7. The molecule has 0 aliphatic heterocycles. The molecular weight excluding hydrogens is 466 g/mol. The van der Waals surface area contributed by atoms with Crippen molar-refractivity contribution >= 4 is 29.3 Å². The molecule has 0 radical (unpaired) electrons. The molecular formula is C25H25N5O4S. The Balaban J connectivity index is 1.51. The normalized spacial score (nSPS) is 10.7. The minimum absolute atomic E-state index is 0.111. The second-order valence-electron chi connectivity index (χ2n) is 7.82. The second-order valence-corrected chi connectivity index (χ2v) is 8.76. The van der Waals surface area contributed by atoms with Crippen LogP contribution in [0.1, 0.15) is 16.1 Å². The highest BCUT2D eigenvalue weighted by molar-refractivity contribution is 7.99. The van der Waals surface area contributed by atoms with Crippen LogP contribution in [0.2, 0.25) is 0 Å². The average molecular weight is 492 g/mol. The fourth-order valence-electron chi connectivity index (χ4n) is 3.39. The van der Waals surface area contributed by atoms with Gasteiger partial charge in [-0.2, -0.15) is 0 Å². The third-order valence-electron chi connectivity index (χ3n) is 5.07. The van der Waals surface area contributed by atoms with Crippen molar-refractivity contribution in [2.24, 2.45) is 0 Å². The van der Waals surface area contributed by atoms with Crippen LogP contribution in [-0.4, -0.2) is 58.4 Å². The van der Waals surface area contributed by atoms with Crippen LogP contribution in [0.25, 0.3) is 11.4 Å². The first-order valence-corrected chi connectivity index (χ1v) is 11.8. The Kier molecular flexibility index (Phi) is 7.51. The monoisotopic (exact) mass is 491 g/mol. The van der Waals surface area contributed by atoms with Gasteiger partial charge in [0.2, 0.25) is 5.91 Å². The number of carbonyl (C=O) groups excluding carboxylic acids is 2. The number of thioether (sulfide) groups is 1. The number of amides is 2. The van der Waals surface area contributed by atoms with Gasteiger partial charge in [-0.05, 0) is 42.5 Å². The summed E-state index contributed by atoms with van der Waals surface area (Å²) < 4.78 is 12.8. The predicted octanol–water partition coefficient (Wildman–Crippen LogP) is 4.03. The van der Waals surface area contributed by atoms with E-state index in [4.69, 9.17) is 9.15 Å². The number of anilines is 1. The molecule has 2 aromatic carbocycles. The number of aromatic nitrogens is 3. The lowest BCUT2D eigenvalue weighted by Gasteiger charge is -2.12. The zero-order valence-electron chi connectivity index (χ0n) is 19.6. The number of nitrogens with zero attached hydrogens (tertiary/aromatic N) is 4. The number of methoxy groups -OCH3 is 1. The van der Waals surface area contributed by atoms with E-state index in [0.29, 0.717) is 34.5 Å². The molecule has 180 valence electrons. The molecule has 0 spiro atoms. The second kappa shape index (κ2) is 10.9. The molecule has 0 aliphatic carbocycles. The summed E-state index contributed by atoms with van der Waals surface area (Å²) in [5.74, 6) is 1.84. The number of nitrogens with one attached hydrogen (secondary N) is 1. The van der Waals surface area contributed by atoms with Crippen LogP contribution < -0.4 is 10.1 Å². The third-order valence-corrected chi connectivity index (χ3v) is 6.04. The van der Waals surface area contributed by atoms with Crippen molar-refractivity contribution in [2.45, 2.75) is 11.7 Å². The van der Waals surface area contributed by atoms with Gasteiger partial charge < -0.3 is 19.4 Å². The molecule has 2 heterocycles. The topological polar surface area (TPSA) is 102 Å². The van der Waals surface area contributed by atoms with E-state index >= 15 is 0 Å². The van der Waals surface area contributed by atoms with Crippen molar-refractivity contribution in [1.82, 2.24) is 19.7 Å². The van der Waals surface area contributed by atoms with Gasteiger partial charge in [0.25, 0.3) is 5.91 Å². The van der Waals surface area contributed by atoms with E-state index in [1.165, 1.54) is 16.7 Å². The van der Waals surface area contributed by atoms with Crippen LogP contribution in [0.15, 0.2) is 76.5 Å². The summed E-state index contributed by atoms with van der Waals surface area (Å²) in [6, 6.07) is 18.1.